The summed E-state index contributed by atoms with van der Waals surface area (Å²) in [6, 6.07) is 14.1. The number of carbonyl (C=O) groups is 1. The Morgan fingerprint density at radius 2 is 1.96 bits per heavy atom. The second-order valence-corrected chi connectivity index (χ2v) is 5.98. The van der Waals surface area contributed by atoms with Crippen molar-refractivity contribution in [3.8, 4) is 6.07 Å². The zero-order valence-electron chi connectivity index (χ0n) is 12.5. The van der Waals surface area contributed by atoms with Gasteiger partial charge in [-0.05, 0) is 43.3 Å². The van der Waals surface area contributed by atoms with E-state index in [9.17, 15) is 4.79 Å². The molecule has 0 radical (unpaired) electrons. The van der Waals surface area contributed by atoms with Crippen LogP contribution in [0.1, 0.15) is 24.1 Å². The summed E-state index contributed by atoms with van der Waals surface area (Å²) in [5, 5.41) is 14.6. The summed E-state index contributed by atoms with van der Waals surface area (Å²) < 4.78 is 0. The van der Waals surface area contributed by atoms with Crippen LogP contribution in [-0.2, 0) is 4.79 Å². The highest BCUT2D eigenvalue weighted by atomic mass is 35.5. The van der Waals surface area contributed by atoms with E-state index in [0.29, 0.717) is 21.3 Å². The SMILES string of the molecule is C[C@@H]([NH2+]CC(=O)Nc1ccc(C#N)cc1)c1ccc(Cl)cc1Cl. The number of benzene rings is 2. The summed E-state index contributed by atoms with van der Waals surface area (Å²) in [5.74, 6) is -0.119. The van der Waals surface area contributed by atoms with Crippen LogP contribution in [0.3, 0.4) is 0 Å². The molecule has 0 fully saturated rings. The highest BCUT2D eigenvalue weighted by Gasteiger charge is 2.15. The minimum atomic E-state index is -0.119. The number of hydrogen-bond donors (Lipinski definition) is 2. The number of halogens is 2. The molecule has 0 bridgehead atoms. The first-order valence-electron chi connectivity index (χ1n) is 7.08. The fraction of sp³-hybridized carbons (Fsp3) is 0.176. The van der Waals surface area contributed by atoms with E-state index in [2.05, 4.69) is 5.32 Å². The number of anilines is 1. The number of quaternary nitrogens is 1. The Morgan fingerprint density at radius 1 is 1.26 bits per heavy atom. The molecule has 0 spiro atoms. The third-order valence-electron chi connectivity index (χ3n) is 3.41. The Labute approximate surface area is 145 Å². The van der Waals surface area contributed by atoms with Crippen LogP contribution in [0.5, 0.6) is 0 Å². The zero-order valence-corrected chi connectivity index (χ0v) is 14.0. The first-order valence-corrected chi connectivity index (χ1v) is 7.83. The van der Waals surface area contributed by atoms with Crippen molar-refractivity contribution in [1.82, 2.24) is 0 Å². The van der Waals surface area contributed by atoms with Gasteiger partial charge < -0.3 is 10.6 Å². The van der Waals surface area contributed by atoms with Gasteiger partial charge in [0.1, 0.15) is 6.04 Å². The van der Waals surface area contributed by atoms with Crippen LogP contribution in [0.25, 0.3) is 0 Å². The summed E-state index contributed by atoms with van der Waals surface area (Å²) in [6.07, 6.45) is 0. The topological polar surface area (TPSA) is 69.5 Å². The van der Waals surface area contributed by atoms with Crippen LogP contribution < -0.4 is 10.6 Å². The van der Waals surface area contributed by atoms with Crippen LogP contribution >= 0.6 is 23.2 Å². The van der Waals surface area contributed by atoms with Crippen LogP contribution in [0.15, 0.2) is 42.5 Å². The van der Waals surface area contributed by atoms with Crippen molar-refractivity contribution in [2.24, 2.45) is 0 Å². The molecule has 0 unspecified atom stereocenters. The van der Waals surface area contributed by atoms with Gasteiger partial charge in [0.05, 0.1) is 16.7 Å². The molecule has 3 N–H and O–H groups in total. The van der Waals surface area contributed by atoms with Crippen LogP contribution in [0.2, 0.25) is 10.0 Å². The van der Waals surface area contributed by atoms with Gasteiger partial charge in [0.2, 0.25) is 0 Å². The molecule has 2 aromatic carbocycles. The maximum Gasteiger partial charge on any atom is 0.279 e. The van der Waals surface area contributed by atoms with Gasteiger partial charge in [-0.1, -0.05) is 29.3 Å². The Bertz CT molecular complexity index is 738. The standard InChI is InChI=1S/C17H15Cl2N3O/c1-11(15-7-4-13(18)8-16(15)19)21-10-17(23)22-14-5-2-12(9-20)3-6-14/h2-8,11,21H,10H2,1H3,(H,22,23)/p+1/t11-/m1/s1. The molecule has 2 aromatic rings. The lowest BCUT2D eigenvalue weighted by Gasteiger charge is -2.13. The van der Waals surface area contributed by atoms with Gasteiger partial charge in [0.25, 0.3) is 5.91 Å². The number of rotatable bonds is 5. The largest absolute Gasteiger partial charge is 0.332 e. The number of nitrogens with one attached hydrogen (secondary N) is 1. The Morgan fingerprint density at radius 3 is 2.57 bits per heavy atom. The molecule has 0 aromatic heterocycles. The van der Waals surface area contributed by atoms with E-state index in [1.807, 2.05) is 24.4 Å². The molecular weight excluding hydrogens is 333 g/mol. The van der Waals surface area contributed by atoms with Crippen LogP contribution in [0, 0.1) is 11.3 Å². The van der Waals surface area contributed by atoms with Crippen molar-refractivity contribution in [1.29, 1.82) is 5.26 Å². The number of nitriles is 1. The Balaban J connectivity index is 1.89. The minimum Gasteiger partial charge on any atom is -0.332 e. The lowest BCUT2D eigenvalue weighted by atomic mass is 10.1. The number of hydrogen-bond acceptors (Lipinski definition) is 2. The van der Waals surface area contributed by atoms with E-state index in [1.54, 1.807) is 36.4 Å². The molecule has 0 saturated carbocycles. The lowest BCUT2D eigenvalue weighted by Crippen LogP contribution is -2.86. The lowest BCUT2D eigenvalue weighted by molar-refractivity contribution is -0.682. The van der Waals surface area contributed by atoms with Gasteiger partial charge in [0, 0.05) is 16.3 Å². The smallest absolute Gasteiger partial charge is 0.279 e. The predicted molar refractivity (Wildman–Crippen MR) is 91.5 cm³/mol. The maximum absolute atomic E-state index is 12.0. The van der Waals surface area contributed by atoms with E-state index >= 15 is 0 Å². The molecule has 1 amide bonds. The molecule has 1 atom stereocenters. The second-order valence-electron chi connectivity index (χ2n) is 5.13. The summed E-state index contributed by atoms with van der Waals surface area (Å²) in [4.78, 5) is 12.0. The van der Waals surface area contributed by atoms with Crippen molar-refractivity contribution >= 4 is 34.8 Å². The molecule has 2 rings (SSSR count). The van der Waals surface area contributed by atoms with E-state index in [-0.39, 0.29) is 18.5 Å². The van der Waals surface area contributed by atoms with Crippen molar-refractivity contribution in [3.05, 3.63) is 63.6 Å². The average Bonchev–Trinajstić information content (AvgIpc) is 2.53. The quantitative estimate of drug-likeness (QED) is 0.871. The molecule has 0 saturated heterocycles. The van der Waals surface area contributed by atoms with Gasteiger partial charge in [0.15, 0.2) is 6.54 Å². The zero-order chi connectivity index (χ0) is 16.8. The predicted octanol–water partition coefficient (Wildman–Crippen LogP) is 3.13. The molecule has 0 heterocycles. The maximum atomic E-state index is 12.0. The molecule has 0 aliphatic heterocycles. The van der Waals surface area contributed by atoms with Crippen molar-refractivity contribution in [2.75, 3.05) is 11.9 Å². The van der Waals surface area contributed by atoms with Gasteiger partial charge >= 0.3 is 0 Å². The molecular formula is C17H16Cl2N3O+. The average molecular weight is 349 g/mol. The number of nitrogens with zero attached hydrogens (tertiary/aromatic N) is 1. The Kier molecular flexibility index (Phi) is 6.00. The normalized spacial score (nSPS) is 11.6. The van der Waals surface area contributed by atoms with Gasteiger partial charge in [-0.3, -0.25) is 4.79 Å². The monoisotopic (exact) mass is 348 g/mol. The van der Waals surface area contributed by atoms with Crippen LogP contribution in [0.4, 0.5) is 5.69 Å². The highest BCUT2D eigenvalue weighted by Crippen LogP contribution is 2.24. The van der Waals surface area contributed by atoms with Gasteiger partial charge in [-0.2, -0.15) is 5.26 Å². The van der Waals surface area contributed by atoms with Crippen molar-refractivity contribution in [2.45, 2.75) is 13.0 Å². The summed E-state index contributed by atoms with van der Waals surface area (Å²) in [6.45, 7) is 2.24. The summed E-state index contributed by atoms with van der Waals surface area (Å²) in [5.41, 5.74) is 2.15. The van der Waals surface area contributed by atoms with E-state index in [0.717, 1.165) is 5.56 Å². The molecule has 4 nitrogen and oxygen atoms in total. The second kappa shape index (κ2) is 7.98. The van der Waals surface area contributed by atoms with E-state index < -0.39 is 0 Å². The van der Waals surface area contributed by atoms with Crippen molar-refractivity contribution in [3.63, 3.8) is 0 Å². The first kappa shape index (κ1) is 17.3. The number of nitrogens with two attached hydrogens (primary N) is 1. The molecule has 6 heteroatoms. The highest BCUT2D eigenvalue weighted by molar-refractivity contribution is 6.35. The summed E-state index contributed by atoms with van der Waals surface area (Å²) >= 11 is 12.0. The minimum absolute atomic E-state index is 0.0338. The Hall–Kier alpha value is -2.06. The fourth-order valence-corrected chi connectivity index (χ4v) is 2.70. The molecule has 0 aliphatic carbocycles. The summed E-state index contributed by atoms with van der Waals surface area (Å²) in [7, 11) is 0. The van der Waals surface area contributed by atoms with Crippen molar-refractivity contribution < 1.29 is 10.1 Å². The molecule has 23 heavy (non-hydrogen) atoms. The molecule has 118 valence electrons. The third kappa shape index (κ3) is 4.97. The van der Waals surface area contributed by atoms with Crippen LogP contribution in [-0.4, -0.2) is 12.5 Å². The van der Waals surface area contributed by atoms with Gasteiger partial charge in [-0.15, -0.1) is 0 Å². The van der Waals surface area contributed by atoms with E-state index in [4.69, 9.17) is 28.5 Å². The fourth-order valence-electron chi connectivity index (χ4n) is 2.12. The molecule has 0 aliphatic rings. The number of carbonyl (C=O) groups excluding carboxylic acids is 1. The first-order chi connectivity index (χ1) is 11.0. The van der Waals surface area contributed by atoms with Gasteiger partial charge in [-0.25, -0.2) is 0 Å². The third-order valence-corrected chi connectivity index (χ3v) is 3.97. The number of amides is 1. The van der Waals surface area contributed by atoms with E-state index in [1.165, 1.54) is 0 Å².